The van der Waals surface area contributed by atoms with Crippen LogP contribution in [0.3, 0.4) is 0 Å². The summed E-state index contributed by atoms with van der Waals surface area (Å²) in [6.07, 6.45) is 0. The maximum absolute atomic E-state index is 10.5. The van der Waals surface area contributed by atoms with Gasteiger partial charge in [-0.2, -0.15) is 0 Å². The molecule has 0 bridgehead atoms. The highest BCUT2D eigenvalue weighted by molar-refractivity contribution is 7.97. The highest BCUT2D eigenvalue weighted by Gasteiger charge is 1.97. The van der Waals surface area contributed by atoms with E-state index in [0.29, 0.717) is 5.75 Å². The Morgan fingerprint density at radius 3 is 2.69 bits per heavy atom. The van der Waals surface area contributed by atoms with Gasteiger partial charge in [0.25, 0.3) is 0 Å². The van der Waals surface area contributed by atoms with Crippen molar-refractivity contribution in [1.29, 1.82) is 0 Å². The lowest BCUT2D eigenvalue weighted by molar-refractivity contribution is 0.254. The molecule has 3 N–H and O–H groups in total. The number of carbonyl (C=O) groups is 1. The van der Waals surface area contributed by atoms with Crippen molar-refractivity contribution < 1.29 is 4.79 Å². The number of rotatable bonds is 3. The highest BCUT2D eigenvalue weighted by Crippen LogP contribution is 2.18. The second kappa shape index (κ2) is 4.90. The van der Waals surface area contributed by atoms with Crippen molar-refractivity contribution >= 4 is 28.8 Å². The van der Waals surface area contributed by atoms with Crippen molar-refractivity contribution in [2.24, 2.45) is 5.73 Å². The van der Waals surface area contributed by atoms with E-state index < -0.39 is 6.03 Å². The first-order valence-electron chi connectivity index (χ1n) is 4.90. The first kappa shape index (κ1) is 10.8. The van der Waals surface area contributed by atoms with Gasteiger partial charge >= 0.3 is 6.03 Å². The molecule has 0 aliphatic carbocycles. The topological polar surface area (TPSA) is 55.1 Å². The summed E-state index contributed by atoms with van der Waals surface area (Å²) < 4.78 is 2.50. The predicted octanol–water partition coefficient (Wildman–Crippen LogP) is 2.66. The highest BCUT2D eigenvalue weighted by atomic mass is 32.2. The van der Waals surface area contributed by atoms with Gasteiger partial charge in [-0.3, -0.25) is 4.72 Å². The summed E-state index contributed by atoms with van der Waals surface area (Å²) in [5.74, 6) is 0.716. The molecule has 4 heteroatoms. The lowest BCUT2D eigenvalue weighted by atomic mass is 10.1. The van der Waals surface area contributed by atoms with E-state index in [1.54, 1.807) is 0 Å². The molecule has 0 radical (unpaired) electrons. The van der Waals surface area contributed by atoms with Crippen molar-refractivity contribution in [2.75, 3.05) is 0 Å². The fourth-order valence-electron chi connectivity index (χ4n) is 1.52. The molecule has 0 heterocycles. The molecule has 2 rings (SSSR count). The molecular formula is C12H12N2OS. The SMILES string of the molecule is NC(=O)NSCc1ccc2ccccc2c1. The summed E-state index contributed by atoms with van der Waals surface area (Å²) >= 11 is 1.30. The normalized spacial score (nSPS) is 10.2. The standard InChI is InChI=1S/C12H12N2OS/c13-12(15)14-16-8-9-5-6-10-3-1-2-4-11(10)7-9/h1-7H,8H2,(H3,13,14,15). The number of carbonyl (C=O) groups excluding carboxylic acids is 1. The van der Waals surface area contributed by atoms with E-state index in [2.05, 4.69) is 35.1 Å². The molecule has 2 aromatic carbocycles. The second-order valence-electron chi connectivity index (χ2n) is 3.44. The van der Waals surface area contributed by atoms with Gasteiger partial charge < -0.3 is 5.73 Å². The van der Waals surface area contributed by atoms with E-state index in [9.17, 15) is 4.79 Å². The number of nitrogens with two attached hydrogens (primary N) is 1. The minimum Gasteiger partial charge on any atom is -0.351 e. The van der Waals surface area contributed by atoms with Crippen LogP contribution >= 0.6 is 11.9 Å². The average molecular weight is 232 g/mol. The van der Waals surface area contributed by atoms with Gasteiger partial charge in [0.05, 0.1) is 0 Å². The molecule has 0 fully saturated rings. The van der Waals surface area contributed by atoms with E-state index in [-0.39, 0.29) is 0 Å². The van der Waals surface area contributed by atoms with Crippen LogP contribution in [0.1, 0.15) is 5.56 Å². The fraction of sp³-hybridized carbons (Fsp3) is 0.0833. The number of nitrogens with one attached hydrogen (secondary N) is 1. The molecule has 2 amide bonds. The van der Waals surface area contributed by atoms with Crippen LogP contribution < -0.4 is 10.5 Å². The van der Waals surface area contributed by atoms with E-state index >= 15 is 0 Å². The van der Waals surface area contributed by atoms with Crippen LogP contribution in [0.25, 0.3) is 10.8 Å². The van der Waals surface area contributed by atoms with Crippen LogP contribution in [-0.2, 0) is 5.75 Å². The Kier molecular flexibility index (Phi) is 3.31. The summed E-state index contributed by atoms with van der Waals surface area (Å²) in [6.45, 7) is 0. The average Bonchev–Trinajstić information content (AvgIpc) is 2.28. The van der Waals surface area contributed by atoms with Crippen molar-refractivity contribution in [3.8, 4) is 0 Å². The predicted molar refractivity (Wildman–Crippen MR) is 68.0 cm³/mol. The third-order valence-corrected chi connectivity index (χ3v) is 3.05. The first-order valence-corrected chi connectivity index (χ1v) is 5.89. The van der Waals surface area contributed by atoms with Gasteiger partial charge in [0, 0.05) is 5.75 Å². The molecule has 16 heavy (non-hydrogen) atoms. The summed E-state index contributed by atoms with van der Waals surface area (Å²) in [7, 11) is 0. The monoisotopic (exact) mass is 232 g/mol. The largest absolute Gasteiger partial charge is 0.351 e. The number of hydrogen-bond donors (Lipinski definition) is 2. The van der Waals surface area contributed by atoms with Crippen molar-refractivity contribution in [1.82, 2.24) is 4.72 Å². The van der Waals surface area contributed by atoms with Crippen LogP contribution in [-0.4, -0.2) is 6.03 Å². The maximum Gasteiger partial charge on any atom is 0.322 e. The van der Waals surface area contributed by atoms with Crippen LogP contribution in [0.15, 0.2) is 42.5 Å². The second-order valence-corrected chi connectivity index (χ2v) is 4.22. The van der Waals surface area contributed by atoms with Gasteiger partial charge in [-0.05, 0) is 28.3 Å². The Morgan fingerprint density at radius 2 is 1.94 bits per heavy atom. The molecule has 0 unspecified atom stereocenters. The Labute approximate surface area is 98.2 Å². The van der Waals surface area contributed by atoms with Gasteiger partial charge in [0.1, 0.15) is 0 Å². The Bertz CT molecular complexity index is 513. The Balaban J connectivity index is 2.10. The summed E-state index contributed by atoms with van der Waals surface area (Å²) in [5.41, 5.74) is 6.14. The van der Waals surface area contributed by atoms with Gasteiger partial charge in [-0.15, -0.1) is 0 Å². The Morgan fingerprint density at radius 1 is 1.19 bits per heavy atom. The smallest absolute Gasteiger partial charge is 0.322 e. The maximum atomic E-state index is 10.5. The minimum absolute atomic E-state index is 0.509. The minimum atomic E-state index is -0.509. The van der Waals surface area contributed by atoms with Gasteiger partial charge in [0.2, 0.25) is 0 Å². The molecular weight excluding hydrogens is 220 g/mol. The number of amides is 2. The number of urea groups is 1. The number of primary amides is 1. The van der Waals surface area contributed by atoms with Gasteiger partial charge in [-0.25, -0.2) is 4.79 Å². The quantitative estimate of drug-likeness (QED) is 0.799. The van der Waals surface area contributed by atoms with Crippen LogP contribution in [0.2, 0.25) is 0 Å². The van der Waals surface area contributed by atoms with E-state index in [0.717, 1.165) is 5.56 Å². The molecule has 0 aromatic heterocycles. The summed E-state index contributed by atoms with van der Waals surface area (Å²) in [4.78, 5) is 10.5. The van der Waals surface area contributed by atoms with Gasteiger partial charge in [0.15, 0.2) is 0 Å². The zero-order chi connectivity index (χ0) is 11.4. The molecule has 0 spiro atoms. The molecule has 3 nitrogen and oxygen atoms in total. The lowest BCUT2D eigenvalue weighted by Gasteiger charge is -2.03. The zero-order valence-electron chi connectivity index (χ0n) is 8.64. The Hall–Kier alpha value is -1.68. The lowest BCUT2D eigenvalue weighted by Crippen LogP contribution is -2.22. The molecule has 0 aliphatic rings. The summed E-state index contributed by atoms with van der Waals surface area (Å²) in [6, 6.07) is 13.9. The number of fused-ring (bicyclic) bond motifs is 1. The third kappa shape index (κ3) is 2.67. The zero-order valence-corrected chi connectivity index (χ0v) is 9.46. The molecule has 2 aromatic rings. The van der Waals surface area contributed by atoms with Crippen molar-refractivity contribution in [3.05, 3.63) is 48.0 Å². The number of benzene rings is 2. The van der Waals surface area contributed by atoms with E-state index in [1.165, 1.54) is 22.7 Å². The molecule has 0 atom stereocenters. The van der Waals surface area contributed by atoms with E-state index in [4.69, 9.17) is 5.73 Å². The molecule has 82 valence electrons. The summed E-state index contributed by atoms with van der Waals surface area (Å²) in [5, 5.41) is 2.43. The fourth-order valence-corrected chi connectivity index (χ4v) is 2.08. The van der Waals surface area contributed by atoms with Gasteiger partial charge in [-0.1, -0.05) is 42.5 Å². The molecule has 0 aliphatic heterocycles. The van der Waals surface area contributed by atoms with Crippen LogP contribution in [0, 0.1) is 0 Å². The molecule has 0 saturated heterocycles. The van der Waals surface area contributed by atoms with E-state index in [1.807, 2.05) is 12.1 Å². The number of hydrogen-bond acceptors (Lipinski definition) is 2. The third-order valence-electron chi connectivity index (χ3n) is 2.23. The van der Waals surface area contributed by atoms with Crippen molar-refractivity contribution in [2.45, 2.75) is 5.75 Å². The van der Waals surface area contributed by atoms with Crippen LogP contribution in [0.5, 0.6) is 0 Å². The molecule has 0 saturated carbocycles. The first-order chi connectivity index (χ1) is 7.75. The van der Waals surface area contributed by atoms with Crippen molar-refractivity contribution in [3.63, 3.8) is 0 Å². The van der Waals surface area contributed by atoms with Crippen LogP contribution in [0.4, 0.5) is 4.79 Å².